The van der Waals surface area contributed by atoms with Gasteiger partial charge in [-0.3, -0.25) is 4.79 Å². The first-order valence-electron chi connectivity index (χ1n) is 5.72. The SMILES string of the molecule is CCC(COC)NCCC(=O)NCCOC. The molecule has 5 heteroatoms. The van der Waals surface area contributed by atoms with E-state index >= 15 is 0 Å². The average Bonchev–Trinajstić information content (AvgIpc) is 2.28. The Morgan fingerprint density at radius 1 is 1.25 bits per heavy atom. The van der Waals surface area contributed by atoms with Crippen LogP contribution in [0, 0.1) is 0 Å². The number of nitrogens with one attached hydrogen (secondary N) is 2. The Kier molecular flexibility index (Phi) is 10.4. The fraction of sp³-hybridized carbons (Fsp3) is 0.909. The second-order valence-corrected chi connectivity index (χ2v) is 3.61. The summed E-state index contributed by atoms with van der Waals surface area (Å²) in [7, 11) is 3.30. The maximum atomic E-state index is 11.3. The molecular formula is C11H24N2O3. The second-order valence-electron chi connectivity index (χ2n) is 3.61. The Morgan fingerprint density at radius 3 is 2.56 bits per heavy atom. The standard InChI is InChI=1S/C11H24N2O3/c1-4-10(9-16-3)12-6-5-11(14)13-7-8-15-2/h10,12H,4-9H2,1-3H3,(H,13,14). The summed E-state index contributed by atoms with van der Waals surface area (Å²) in [4.78, 5) is 11.3. The van der Waals surface area contributed by atoms with Gasteiger partial charge < -0.3 is 20.1 Å². The first kappa shape index (κ1) is 15.3. The van der Waals surface area contributed by atoms with Gasteiger partial charge in [0.1, 0.15) is 0 Å². The summed E-state index contributed by atoms with van der Waals surface area (Å²) in [6, 6.07) is 0.330. The third kappa shape index (κ3) is 8.64. The normalized spacial score (nSPS) is 12.4. The van der Waals surface area contributed by atoms with E-state index in [2.05, 4.69) is 17.6 Å². The molecule has 16 heavy (non-hydrogen) atoms. The van der Waals surface area contributed by atoms with Crippen LogP contribution in [-0.4, -0.2) is 52.5 Å². The maximum Gasteiger partial charge on any atom is 0.221 e. The molecule has 0 aromatic heterocycles. The van der Waals surface area contributed by atoms with Gasteiger partial charge in [0.15, 0.2) is 0 Å². The first-order chi connectivity index (χ1) is 7.74. The molecule has 0 rings (SSSR count). The van der Waals surface area contributed by atoms with Crippen LogP contribution in [0.5, 0.6) is 0 Å². The first-order valence-corrected chi connectivity index (χ1v) is 5.72. The number of hydrogen-bond donors (Lipinski definition) is 2. The molecule has 1 amide bonds. The zero-order valence-electron chi connectivity index (χ0n) is 10.5. The minimum Gasteiger partial charge on any atom is -0.383 e. The molecule has 1 unspecified atom stereocenters. The van der Waals surface area contributed by atoms with Crippen molar-refractivity contribution in [2.75, 3.05) is 40.5 Å². The van der Waals surface area contributed by atoms with Crippen molar-refractivity contribution in [2.45, 2.75) is 25.8 Å². The number of rotatable bonds is 10. The summed E-state index contributed by atoms with van der Waals surface area (Å²) in [6.07, 6.45) is 1.49. The predicted octanol–water partition coefficient (Wildman–Crippen LogP) is 0.154. The monoisotopic (exact) mass is 232 g/mol. The van der Waals surface area contributed by atoms with Gasteiger partial charge in [0.05, 0.1) is 13.2 Å². The van der Waals surface area contributed by atoms with Crippen molar-refractivity contribution in [1.29, 1.82) is 0 Å². The molecule has 0 aromatic carbocycles. The van der Waals surface area contributed by atoms with Crippen molar-refractivity contribution in [1.82, 2.24) is 10.6 Å². The molecule has 0 aromatic rings. The smallest absolute Gasteiger partial charge is 0.221 e. The largest absolute Gasteiger partial charge is 0.383 e. The van der Waals surface area contributed by atoms with E-state index in [1.165, 1.54) is 0 Å². The lowest BCUT2D eigenvalue weighted by Crippen LogP contribution is -2.36. The summed E-state index contributed by atoms with van der Waals surface area (Å²) in [5.41, 5.74) is 0. The van der Waals surface area contributed by atoms with Gasteiger partial charge in [-0.25, -0.2) is 0 Å². The number of methoxy groups -OCH3 is 2. The molecule has 0 fully saturated rings. The van der Waals surface area contributed by atoms with Crippen molar-refractivity contribution in [3.8, 4) is 0 Å². The van der Waals surface area contributed by atoms with E-state index < -0.39 is 0 Å². The van der Waals surface area contributed by atoms with Crippen molar-refractivity contribution < 1.29 is 14.3 Å². The summed E-state index contributed by atoms with van der Waals surface area (Å²) < 4.78 is 9.89. The van der Waals surface area contributed by atoms with E-state index in [1.54, 1.807) is 14.2 Å². The van der Waals surface area contributed by atoms with E-state index in [0.717, 1.165) is 6.42 Å². The summed E-state index contributed by atoms with van der Waals surface area (Å²) >= 11 is 0. The lowest BCUT2D eigenvalue weighted by molar-refractivity contribution is -0.121. The van der Waals surface area contributed by atoms with Crippen molar-refractivity contribution in [3.63, 3.8) is 0 Å². The lowest BCUT2D eigenvalue weighted by atomic mass is 10.2. The van der Waals surface area contributed by atoms with Crippen molar-refractivity contribution >= 4 is 5.91 Å². The fourth-order valence-electron chi connectivity index (χ4n) is 1.29. The molecule has 0 radical (unpaired) electrons. The topological polar surface area (TPSA) is 59.6 Å². The fourth-order valence-corrected chi connectivity index (χ4v) is 1.29. The van der Waals surface area contributed by atoms with Crippen molar-refractivity contribution in [2.24, 2.45) is 0 Å². The molecule has 0 aliphatic rings. The zero-order chi connectivity index (χ0) is 12.2. The number of carbonyl (C=O) groups is 1. The Bertz CT molecular complexity index is 177. The highest BCUT2D eigenvalue weighted by atomic mass is 16.5. The van der Waals surface area contributed by atoms with Crippen LogP contribution in [0.15, 0.2) is 0 Å². The van der Waals surface area contributed by atoms with Gasteiger partial charge in [0, 0.05) is 39.8 Å². The van der Waals surface area contributed by atoms with Crippen LogP contribution in [0.3, 0.4) is 0 Å². The van der Waals surface area contributed by atoms with Crippen LogP contribution in [0.4, 0.5) is 0 Å². The number of amides is 1. The maximum absolute atomic E-state index is 11.3. The Balaban J connectivity index is 3.44. The van der Waals surface area contributed by atoms with E-state index in [4.69, 9.17) is 9.47 Å². The van der Waals surface area contributed by atoms with Crippen LogP contribution >= 0.6 is 0 Å². The number of carbonyl (C=O) groups excluding carboxylic acids is 1. The molecule has 5 nitrogen and oxygen atoms in total. The number of ether oxygens (including phenoxy) is 2. The minimum absolute atomic E-state index is 0.0526. The highest BCUT2D eigenvalue weighted by Gasteiger charge is 2.05. The van der Waals surface area contributed by atoms with Gasteiger partial charge in [-0.2, -0.15) is 0 Å². The molecule has 0 aliphatic heterocycles. The molecule has 0 saturated carbocycles. The van der Waals surface area contributed by atoms with Crippen LogP contribution in [0.1, 0.15) is 19.8 Å². The van der Waals surface area contributed by atoms with Crippen molar-refractivity contribution in [3.05, 3.63) is 0 Å². The highest BCUT2D eigenvalue weighted by molar-refractivity contribution is 5.76. The summed E-state index contributed by atoms with van der Waals surface area (Å²) in [5, 5.41) is 6.05. The zero-order valence-corrected chi connectivity index (χ0v) is 10.5. The molecule has 0 spiro atoms. The van der Waals surface area contributed by atoms with Crippen LogP contribution in [0.2, 0.25) is 0 Å². The summed E-state index contributed by atoms with van der Waals surface area (Å²) in [6.45, 7) is 4.59. The minimum atomic E-state index is 0.0526. The third-order valence-electron chi connectivity index (χ3n) is 2.27. The number of hydrogen-bond acceptors (Lipinski definition) is 4. The Hall–Kier alpha value is -0.650. The summed E-state index contributed by atoms with van der Waals surface area (Å²) in [5.74, 6) is 0.0526. The molecular weight excluding hydrogens is 208 g/mol. The van der Waals surface area contributed by atoms with E-state index in [0.29, 0.717) is 38.8 Å². The van der Waals surface area contributed by atoms with Gasteiger partial charge >= 0.3 is 0 Å². The molecule has 1 atom stereocenters. The molecule has 0 heterocycles. The van der Waals surface area contributed by atoms with Crippen LogP contribution in [0.25, 0.3) is 0 Å². The molecule has 96 valence electrons. The molecule has 2 N–H and O–H groups in total. The Morgan fingerprint density at radius 2 is 2.00 bits per heavy atom. The van der Waals surface area contributed by atoms with Crippen LogP contribution in [-0.2, 0) is 14.3 Å². The third-order valence-corrected chi connectivity index (χ3v) is 2.27. The quantitative estimate of drug-likeness (QED) is 0.527. The van der Waals surface area contributed by atoms with Gasteiger partial charge in [-0.15, -0.1) is 0 Å². The van der Waals surface area contributed by atoms with Crippen LogP contribution < -0.4 is 10.6 Å². The average molecular weight is 232 g/mol. The Labute approximate surface area is 97.9 Å². The molecule has 0 bridgehead atoms. The second kappa shape index (κ2) is 10.9. The highest BCUT2D eigenvalue weighted by Crippen LogP contribution is 1.91. The van der Waals surface area contributed by atoms with E-state index in [9.17, 15) is 4.79 Å². The van der Waals surface area contributed by atoms with E-state index in [1.807, 2.05) is 0 Å². The predicted molar refractivity (Wildman–Crippen MR) is 63.5 cm³/mol. The molecule has 0 aliphatic carbocycles. The molecule has 0 saturated heterocycles. The van der Waals surface area contributed by atoms with Gasteiger partial charge in [0.2, 0.25) is 5.91 Å². The van der Waals surface area contributed by atoms with E-state index in [-0.39, 0.29) is 5.91 Å². The van der Waals surface area contributed by atoms with Gasteiger partial charge in [0.25, 0.3) is 0 Å². The lowest BCUT2D eigenvalue weighted by Gasteiger charge is -2.15. The van der Waals surface area contributed by atoms with Gasteiger partial charge in [-0.05, 0) is 6.42 Å². The van der Waals surface area contributed by atoms with Gasteiger partial charge in [-0.1, -0.05) is 6.92 Å².